The lowest BCUT2D eigenvalue weighted by Crippen LogP contribution is -2.25. The summed E-state index contributed by atoms with van der Waals surface area (Å²) in [7, 11) is 1.90. The van der Waals surface area contributed by atoms with Gasteiger partial charge in [-0.1, -0.05) is 18.5 Å². The molecule has 0 bridgehead atoms. The molecular weight excluding hydrogens is 268 g/mol. The van der Waals surface area contributed by atoms with Crippen LogP contribution in [0.5, 0.6) is 0 Å². The molecule has 2 heterocycles. The number of hydrogen-bond donors (Lipinski definition) is 1. The maximum absolute atomic E-state index is 6.23. The molecule has 6 heteroatoms. The van der Waals surface area contributed by atoms with E-state index in [1.807, 2.05) is 18.7 Å². The molecule has 0 radical (unpaired) electrons. The highest BCUT2D eigenvalue weighted by Gasteiger charge is 2.22. The number of thiazole rings is 1. The number of hydrogen-bond acceptors (Lipinski definition) is 4. The number of aromatic nitrogens is 3. The molecule has 0 aromatic carbocycles. The van der Waals surface area contributed by atoms with E-state index < -0.39 is 0 Å². The third kappa shape index (κ3) is 2.74. The summed E-state index contributed by atoms with van der Waals surface area (Å²) in [6.07, 6.45) is 2.74. The van der Waals surface area contributed by atoms with E-state index in [0.29, 0.717) is 5.02 Å². The van der Waals surface area contributed by atoms with Gasteiger partial charge in [-0.3, -0.25) is 4.68 Å². The standard InChI is InChI=1S/C12H17ClN4S/c1-4-5-14-11(10-7-18-8(2)16-10)12-9(13)6-15-17(12)3/h6-7,11,14H,4-5H2,1-3H3. The maximum atomic E-state index is 6.23. The van der Waals surface area contributed by atoms with Crippen molar-refractivity contribution in [1.29, 1.82) is 0 Å². The van der Waals surface area contributed by atoms with Gasteiger partial charge in [0.2, 0.25) is 0 Å². The summed E-state index contributed by atoms with van der Waals surface area (Å²) in [6.45, 7) is 5.07. The van der Waals surface area contributed by atoms with E-state index in [9.17, 15) is 0 Å². The summed E-state index contributed by atoms with van der Waals surface area (Å²) < 4.78 is 1.81. The second-order valence-electron chi connectivity index (χ2n) is 4.18. The number of nitrogens with zero attached hydrogens (tertiary/aromatic N) is 3. The monoisotopic (exact) mass is 284 g/mol. The van der Waals surface area contributed by atoms with E-state index in [0.717, 1.165) is 29.4 Å². The molecule has 2 aromatic rings. The third-order valence-corrected chi connectivity index (χ3v) is 3.83. The van der Waals surface area contributed by atoms with Gasteiger partial charge in [0.25, 0.3) is 0 Å². The van der Waals surface area contributed by atoms with Gasteiger partial charge in [-0.05, 0) is 19.9 Å². The number of aryl methyl sites for hydroxylation is 2. The van der Waals surface area contributed by atoms with E-state index in [1.165, 1.54) is 0 Å². The molecule has 18 heavy (non-hydrogen) atoms. The Morgan fingerprint density at radius 2 is 2.33 bits per heavy atom. The van der Waals surface area contributed by atoms with Gasteiger partial charge in [0.15, 0.2) is 0 Å². The molecule has 0 aliphatic heterocycles. The van der Waals surface area contributed by atoms with E-state index in [2.05, 4.69) is 27.7 Å². The van der Waals surface area contributed by atoms with Crippen LogP contribution >= 0.6 is 22.9 Å². The molecule has 1 N–H and O–H groups in total. The molecule has 0 saturated carbocycles. The van der Waals surface area contributed by atoms with Crippen molar-refractivity contribution in [3.05, 3.63) is 33.0 Å². The first-order valence-corrected chi connectivity index (χ1v) is 7.22. The summed E-state index contributed by atoms with van der Waals surface area (Å²) in [6, 6.07) is 0.00917. The van der Waals surface area contributed by atoms with Gasteiger partial charge in [0.05, 0.1) is 33.7 Å². The maximum Gasteiger partial charge on any atom is 0.0945 e. The van der Waals surface area contributed by atoms with Crippen molar-refractivity contribution < 1.29 is 0 Å². The minimum Gasteiger partial charge on any atom is -0.304 e. The highest BCUT2D eigenvalue weighted by atomic mass is 35.5. The van der Waals surface area contributed by atoms with E-state index >= 15 is 0 Å². The number of halogens is 1. The van der Waals surface area contributed by atoms with E-state index in [1.54, 1.807) is 17.5 Å². The molecule has 0 aliphatic rings. The summed E-state index contributed by atoms with van der Waals surface area (Å²) in [4.78, 5) is 4.56. The molecule has 0 amide bonds. The molecule has 0 spiro atoms. The fraction of sp³-hybridized carbons (Fsp3) is 0.500. The second kappa shape index (κ2) is 5.82. The normalized spacial score (nSPS) is 12.9. The molecule has 2 aromatic heterocycles. The smallest absolute Gasteiger partial charge is 0.0945 e. The Bertz CT molecular complexity index is 500. The van der Waals surface area contributed by atoms with Crippen molar-refractivity contribution in [2.75, 3.05) is 6.54 Å². The van der Waals surface area contributed by atoms with Crippen molar-refractivity contribution in [2.45, 2.75) is 26.3 Å². The highest BCUT2D eigenvalue weighted by molar-refractivity contribution is 7.09. The molecule has 2 rings (SSSR count). The SMILES string of the molecule is CCCNC(c1csc(C)n1)c1c(Cl)cnn1C. The van der Waals surface area contributed by atoms with Crippen LogP contribution in [-0.2, 0) is 7.05 Å². The summed E-state index contributed by atoms with van der Waals surface area (Å²) in [5.41, 5.74) is 1.98. The van der Waals surface area contributed by atoms with Crippen molar-refractivity contribution in [3.63, 3.8) is 0 Å². The van der Waals surface area contributed by atoms with Gasteiger partial charge in [0, 0.05) is 12.4 Å². The highest BCUT2D eigenvalue weighted by Crippen LogP contribution is 2.28. The molecule has 4 nitrogen and oxygen atoms in total. The molecule has 0 fully saturated rings. The third-order valence-electron chi connectivity index (χ3n) is 2.74. The van der Waals surface area contributed by atoms with Gasteiger partial charge in [-0.2, -0.15) is 5.10 Å². The van der Waals surface area contributed by atoms with Gasteiger partial charge in [-0.25, -0.2) is 4.98 Å². The van der Waals surface area contributed by atoms with Crippen molar-refractivity contribution >= 4 is 22.9 Å². The van der Waals surface area contributed by atoms with E-state index in [4.69, 9.17) is 11.6 Å². The lowest BCUT2D eigenvalue weighted by atomic mass is 10.1. The van der Waals surface area contributed by atoms with Crippen LogP contribution in [0.2, 0.25) is 5.02 Å². The average Bonchev–Trinajstić information content (AvgIpc) is 2.90. The fourth-order valence-corrected chi connectivity index (χ4v) is 2.80. The first kappa shape index (κ1) is 13.5. The summed E-state index contributed by atoms with van der Waals surface area (Å²) >= 11 is 7.88. The topological polar surface area (TPSA) is 42.7 Å². The largest absolute Gasteiger partial charge is 0.304 e. The minimum atomic E-state index is 0.00917. The molecule has 1 atom stereocenters. The Morgan fingerprint density at radius 1 is 1.56 bits per heavy atom. The van der Waals surface area contributed by atoms with Gasteiger partial charge in [-0.15, -0.1) is 11.3 Å². The number of nitrogens with one attached hydrogen (secondary N) is 1. The molecular formula is C12H17ClN4S. The molecule has 0 aliphatic carbocycles. The first-order chi connectivity index (χ1) is 8.63. The van der Waals surface area contributed by atoms with Crippen LogP contribution in [-0.4, -0.2) is 21.3 Å². The Balaban J connectivity index is 2.36. The summed E-state index contributed by atoms with van der Waals surface area (Å²) in [5.74, 6) is 0. The van der Waals surface area contributed by atoms with Gasteiger partial charge >= 0.3 is 0 Å². The quantitative estimate of drug-likeness (QED) is 0.918. The zero-order valence-corrected chi connectivity index (χ0v) is 12.3. The average molecular weight is 285 g/mol. The Kier molecular flexibility index (Phi) is 4.37. The van der Waals surface area contributed by atoms with E-state index in [-0.39, 0.29) is 6.04 Å². The zero-order chi connectivity index (χ0) is 13.1. The second-order valence-corrected chi connectivity index (χ2v) is 5.65. The zero-order valence-electron chi connectivity index (χ0n) is 10.8. The fourth-order valence-electron chi connectivity index (χ4n) is 1.89. The van der Waals surface area contributed by atoms with Crippen molar-refractivity contribution in [1.82, 2.24) is 20.1 Å². The Hall–Kier alpha value is -0.910. The van der Waals surface area contributed by atoms with Crippen LogP contribution in [0.1, 0.15) is 35.8 Å². The van der Waals surface area contributed by atoms with Crippen molar-refractivity contribution in [3.8, 4) is 0 Å². The van der Waals surface area contributed by atoms with Crippen LogP contribution in [0.25, 0.3) is 0 Å². The van der Waals surface area contributed by atoms with Crippen LogP contribution in [0.4, 0.5) is 0 Å². The minimum absolute atomic E-state index is 0.00917. The summed E-state index contributed by atoms with van der Waals surface area (Å²) in [5, 5.41) is 11.5. The molecule has 98 valence electrons. The first-order valence-electron chi connectivity index (χ1n) is 5.96. The lowest BCUT2D eigenvalue weighted by molar-refractivity contribution is 0.545. The van der Waals surface area contributed by atoms with Gasteiger partial charge < -0.3 is 5.32 Å². The Labute approximate surface area is 116 Å². The number of rotatable bonds is 5. The molecule has 1 unspecified atom stereocenters. The predicted molar refractivity (Wildman–Crippen MR) is 75.2 cm³/mol. The lowest BCUT2D eigenvalue weighted by Gasteiger charge is -2.17. The Morgan fingerprint density at radius 3 is 2.83 bits per heavy atom. The van der Waals surface area contributed by atoms with Crippen molar-refractivity contribution in [2.24, 2.45) is 7.05 Å². The predicted octanol–water partition coefficient (Wildman–Crippen LogP) is 2.93. The molecule has 0 saturated heterocycles. The van der Waals surface area contributed by atoms with Crippen LogP contribution in [0.15, 0.2) is 11.6 Å². The van der Waals surface area contributed by atoms with Gasteiger partial charge in [0.1, 0.15) is 0 Å². The van der Waals surface area contributed by atoms with Crippen LogP contribution in [0, 0.1) is 6.92 Å². The van der Waals surface area contributed by atoms with Crippen LogP contribution in [0.3, 0.4) is 0 Å². The van der Waals surface area contributed by atoms with Crippen LogP contribution < -0.4 is 5.32 Å².